The Morgan fingerprint density at radius 3 is 2.40 bits per heavy atom. The van der Waals surface area contributed by atoms with Crippen LogP contribution in [-0.4, -0.2) is 38.3 Å². The minimum atomic E-state index is -0.985. The van der Waals surface area contributed by atoms with Gasteiger partial charge in [-0.15, -0.1) is 11.8 Å². The lowest BCUT2D eigenvalue weighted by molar-refractivity contribution is -0.146. The zero-order valence-electron chi connectivity index (χ0n) is 25.5. The Hall–Kier alpha value is -3.42. The molecule has 0 saturated heterocycles. The first-order valence-electron chi connectivity index (χ1n) is 14.6. The zero-order valence-corrected chi connectivity index (χ0v) is 27.1. The van der Waals surface area contributed by atoms with Crippen LogP contribution in [-0.2, 0) is 29.0 Å². The topological polar surface area (TPSA) is 80.6 Å². The van der Waals surface area contributed by atoms with Gasteiger partial charge in [0.15, 0.2) is 11.9 Å². The van der Waals surface area contributed by atoms with Crippen LogP contribution in [0.2, 0.25) is 5.02 Å². The van der Waals surface area contributed by atoms with Crippen LogP contribution in [0, 0.1) is 5.41 Å². The molecular weight excluding hydrogens is 580 g/mol. The van der Waals surface area contributed by atoms with Crippen molar-refractivity contribution in [1.29, 1.82) is 0 Å². The summed E-state index contributed by atoms with van der Waals surface area (Å²) >= 11 is 7.90. The third-order valence-corrected chi connectivity index (χ3v) is 9.29. The Bertz CT molecular complexity index is 1640. The molecule has 0 amide bonds. The Morgan fingerprint density at radius 1 is 1.07 bits per heavy atom. The molecule has 0 saturated carbocycles. The van der Waals surface area contributed by atoms with Crippen LogP contribution in [0.1, 0.15) is 58.4 Å². The van der Waals surface area contributed by atoms with Crippen molar-refractivity contribution < 1.29 is 19.4 Å². The molecule has 5 rings (SSSR count). The standard InChI is InChI=1S/C35H39ClN2O4S/c1-21(39)31(28-17-23-9-7-8-10-27(23)37-28)42-25-15-16-29-26(18-25)32(43-34(2,3)4)30(19-35(5,6)33(40)41)38(29)20-22-11-13-24(36)14-12-22/h7-16,18,28,31,37H,17,19-20H2,1-6H3,(H,40,41)/t28?,31-/m1/s1. The summed E-state index contributed by atoms with van der Waals surface area (Å²) < 4.78 is 8.55. The number of carbonyl (C=O) groups excluding carboxylic acids is 1. The second-order valence-corrected chi connectivity index (χ2v) is 15.3. The van der Waals surface area contributed by atoms with E-state index in [1.807, 2.05) is 60.7 Å². The van der Waals surface area contributed by atoms with Crippen LogP contribution >= 0.6 is 23.4 Å². The number of nitrogens with zero attached hydrogens (tertiary/aromatic N) is 1. The molecular formula is C35H39ClN2O4S. The van der Waals surface area contributed by atoms with E-state index in [0.717, 1.165) is 32.7 Å². The van der Waals surface area contributed by atoms with Crippen LogP contribution in [0.3, 0.4) is 0 Å². The quantitative estimate of drug-likeness (QED) is 0.174. The summed E-state index contributed by atoms with van der Waals surface area (Å²) in [5.41, 5.74) is 4.23. The van der Waals surface area contributed by atoms with Crippen molar-refractivity contribution in [3.05, 3.63) is 88.6 Å². The molecule has 1 aromatic heterocycles. The van der Waals surface area contributed by atoms with Gasteiger partial charge in [-0.05, 0) is 74.7 Å². The number of aliphatic carboxylic acids is 1. The number of hydrogen-bond donors (Lipinski definition) is 2. The van der Waals surface area contributed by atoms with Gasteiger partial charge in [0, 0.05) is 49.9 Å². The number of thioether (sulfide) groups is 1. The lowest BCUT2D eigenvalue weighted by Crippen LogP contribution is -2.41. The monoisotopic (exact) mass is 618 g/mol. The SMILES string of the molecule is CC(=O)[C@@H](Oc1ccc2c(c1)c(SC(C)(C)C)c(CC(C)(C)C(=O)O)n2Cc1ccc(Cl)cc1)C1Cc2ccccc2N1. The average Bonchev–Trinajstić information content (AvgIpc) is 3.47. The summed E-state index contributed by atoms with van der Waals surface area (Å²) in [4.78, 5) is 26.2. The highest BCUT2D eigenvalue weighted by Crippen LogP contribution is 2.44. The molecule has 2 heterocycles. The molecule has 0 fully saturated rings. The number of carboxylic acids is 1. The van der Waals surface area contributed by atoms with E-state index in [4.69, 9.17) is 16.3 Å². The van der Waals surface area contributed by atoms with Crippen molar-refractivity contribution in [2.24, 2.45) is 5.41 Å². The Labute approximate surface area is 262 Å². The predicted molar refractivity (Wildman–Crippen MR) is 176 cm³/mol. The van der Waals surface area contributed by atoms with Crippen molar-refractivity contribution in [2.45, 2.75) is 82.7 Å². The number of rotatable bonds is 10. The maximum atomic E-state index is 12.9. The number of anilines is 1. The van der Waals surface area contributed by atoms with E-state index >= 15 is 0 Å². The molecule has 6 nitrogen and oxygen atoms in total. The molecule has 4 aromatic rings. The number of fused-ring (bicyclic) bond motifs is 2. The summed E-state index contributed by atoms with van der Waals surface area (Å²) in [7, 11) is 0. The first kappa shape index (κ1) is 31.0. The number of carboxylic acid groups (broad SMARTS) is 1. The van der Waals surface area contributed by atoms with Gasteiger partial charge in [-0.25, -0.2) is 0 Å². The number of aromatic nitrogens is 1. The summed E-state index contributed by atoms with van der Waals surface area (Å²) in [6, 6.07) is 21.6. The fraction of sp³-hybridized carbons (Fsp3) is 0.371. The number of para-hydroxylation sites is 1. The summed E-state index contributed by atoms with van der Waals surface area (Å²) in [5.74, 6) is -0.284. The first-order valence-corrected chi connectivity index (χ1v) is 15.7. The summed E-state index contributed by atoms with van der Waals surface area (Å²) in [6.07, 6.45) is 0.393. The molecule has 0 spiro atoms. The van der Waals surface area contributed by atoms with Gasteiger partial charge in [-0.1, -0.05) is 62.7 Å². The van der Waals surface area contributed by atoms with Crippen molar-refractivity contribution in [2.75, 3.05) is 5.32 Å². The molecule has 1 aliphatic heterocycles. The smallest absolute Gasteiger partial charge is 0.309 e. The van der Waals surface area contributed by atoms with Gasteiger partial charge in [0.05, 0.1) is 11.5 Å². The highest BCUT2D eigenvalue weighted by Gasteiger charge is 2.35. The van der Waals surface area contributed by atoms with E-state index in [1.54, 1.807) is 32.5 Å². The third kappa shape index (κ3) is 6.89. The van der Waals surface area contributed by atoms with Crippen molar-refractivity contribution in [3.63, 3.8) is 0 Å². The van der Waals surface area contributed by atoms with Gasteiger partial charge in [-0.3, -0.25) is 9.59 Å². The molecule has 1 unspecified atom stereocenters. The normalized spacial score (nSPS) is 15.7. The molecule has 43 heavy (non-hydrogen) atoms. The van der Waals surface area contributed by atoms with E-state index in [2.05, 4.69) is 36.7 Å². The van der Waals surface area contributed by atoms with Crippen LogP contribution in [0.4, 0.5) is 5.69 Å². The van der Waals surface area contributed by atoms with Crippen LogP contribution in [0.15, 0.2) is 71.6 Å². The largest absolute Gasteiger partial charge is 0.481 e. The number of halogens is 1. The van der Waals surface area contributed by atoms with Gasteiger partial charge in [0.25, 0.3) is 0 Å². The fourth-order valence-corrected chi connectivity index (χ4v) is 6.89. The minimum Gasteiger partial charge on any atom is -0.481 e. The van der Waals surface area contributed by atoms with E-state index in [9.17, 15) is 14.7 Å². The number of nitrogens with one attached hydrogen (secondary N) is 1. The highest BCUT2D eigenvalue weighted by atomic mass is 35.5. The number of carbonyl (C=O) groups is 2. The first-order chi connectivity index (χ1) is 20.2. The van der Waals surface area contributed by atoms with E-state index in [0.29, 0.717) is 30.2 Å². The maximum absolute atomic E-state index is 12.9. The van der Waals surface area contributed by atoms with E-state index in [-0.39, 0.29) is 16.6 Å². The van der Waals surface area contributed by atoms with Gasteiger partial charge < -0.3 is 19.7 Å². The van der Waals surface area contributed by atoms with E-state index in [1.165, 1.54) is 5.56 Å². The average molecular weight is 619 g/mol. The molecule has 0 aliphatic carbocycles. The molecule has 1 aliphatic rings. The second-order valence-electron chi connectivity index (χ2n) is 13.0. The summed E-state index contributed by atoms with van der Waals surface area (Å²) in [5, 5.41) is 15.2. The maximum Gasteiger partial charge on any atom is 0.309 e. The lowest BCUT2D eigenvalue weighted by atomic mass is 9.88. The lowest BCUT2D eigenvalue weighted by Gasteiger charge is -2.24. The van der Waals surface area contributed by atoms with Crippen LogP contribution in [0.5, 0.6) is 5.75 Å². The van der Waals surface area contributed by atoms with Crippen LogP contribution in [0.25, 0.3) is 10.9 Å². The van der Waals surface area contributed by atoms with Crippen molar-refractivity contribution in [3.8, 4) is 5.75 Å². The number of Topliss-reactive ketones (excluding diaryl/α,β-unsaturated/α-hetero) is 1. The second kappa shape index (κ2) is 11.9. The molecule has 2 N–H and O–H groups in total. The fourth-order valence-electron chi connectivity index (χ4n) is 5.58. The molecule has 2 atom stereocenters. The molecule has 0 radical (unpaired) electrons. The highest BCUT2D eigenvalue weighted by molar-refractivity contribution is 8.00. The van der Waals surface area contributed by atoms with Crippen molar-refractivity contribution >= 4 is 51.7 Å². The Morgan fingerprint density at radius 2 is 1.77 bits per heavy atom. The number of hydrogen-bond acceptors (Lipinski definition) is 5. The molecule has 0 bridgehead atoms. The van der Waals surface area contributed by atoms with Crippen molar-refractivity contribution in [1.82, 2.24) is 4.57 Å². The van der Waals surface area contributed by atoms with Gasteiger partial charge in [0.2, 0.25) is 0 Å². The van der Waals surface area contributed by atoms with Gasteiger partial charge >= 0.3 is 5.97 Å². The predicted octanol–water partition coefficient (Wildman–Crippen LogP) is 8.26. The third-order valence-electron chi connectivity index (χ3n) is 7.77. The Kier molecular flexibility index (Phi) is 8.61. The van der Waals surface area contributed by atoms with Gasteiger partial charge in [-0.2, -0.15) is 0 Å². The molecule has 3 aromatic carbocycles. The van der Waals surface area contributed by atoms with Gasteiger partial charge in [0.1, 0.15) is 5.75 Å². The molecule has 8 heteroatoms. The van der Waals surface area contributed by atoms with E-state index < -0.39 is 17.5 Å². The van der Waals surface area contributed by atoms with Crippen LogP contribution < -0.4 is 10.1 Å². The zero-order chi connectivity index (χ0) is 31.1. The molecule has 226 valence electrons. The number of ketones is 1. The Balaban J connectivity index is 1.61. The minimum absolute atomic E-state index is 0.0427. The summed E-state index contributed by atoms with van der Waals surface area (Å²) in [6.45, 7) is 12.1. The number of benzene rings is 3. The number of ether oxygens (including phenoxy) is 1.